The summed E-state index contributed by atoms with van der Waals surface area (Å²) in [6.45, 7) is 6.42. The molecule has 1 rings (SSSR count). The fraction of sp³-hybridized carbons (Fsp3) is 1.00. The van der Waals surface area contributed by atoms with Crippen LogP contribution in [0.15, 0.2) is 0 Å². The smallest absolute Gasteiger partial charge is 0.0703 e. The van der Waals surface area contributed by atoms with E-state index in [0.29, 0.717) is 11.5 Å². The molecule has 1 aliphatic carbocycles. The molecular formula is C10H19BrO2. The monoisotopic (exact) mass is 250 g/mol. The van der Waals surface area contributed by atoms with Gasteiger partial charge in [-0.25, -0.2) is 0 Å². The Labute approximate surface area is 89.1 Å². The lowest BCUT2D eigenvalue weighted by atomic mass is 10.2. The molecule has 0 radical (unpaired) electrons. The highest BCUT2D eigenvalue weighted by Crippen LogP contribution is 2.47. The average molecular weight is 251 g/mol. The van der Waals surface area contributed by atoms with Crippen LogP contribution in [0.3, 0.4) is 0 Å². The van der Waals surface area contributed by atoms with Gasteiger partial charge in [0.2, 0.25) is 0 Å². The standard InChI is InChI=1S/C10H19BrO2/c1-9(2)13-6-5-12-8-10(7-11)3-4-10/h9H,3-8H2,1-2H3. The predicted molar refractivity (Wildman–Crippen MR) is 57.4 cm³/mol. The van der Waals surface area contributed by atoms with Crippen molar-refractivity contribution in [2.45, 2.75) is 32.8 Å². The number of rotatable bonds is 7. The minimum atomic E-state index is 0.315. The van der Waals surface area contributed by atoms with Crippen LogP contribution in [0.1, 0.15) is 26.7 Å². The van der Waals surface area contributed by atoms with E-state index >= 15 is 0 Å². The molecule has 0 bridgehead atoms. The molecule has 0 aromatic carbocycles. The molecule has 0 N–H and O–H groups in total. The molecule has 0 aliphatic heterocycles. The first kappa shape index (κ1) is 11.5. The van der Waals surface area contributed by atoms with E-state index in [2.05, 4.69) is 15.9 Å². The van der Waals surface area contributed by atoms with Gasteiger partial charge < -0.3 is 9.47 Å². The minimum Gasteiger partial charge on any atom is -0.378 e. The lowest BCUT2D eigenvalue weighted by Gasteiger charge is -2.12. The number of halogens is 1. The van der Waals surface area contributed by atoms with Gasteiger partial charge in [-0.2, -0.15) is 0 Å². The largest absolute Gasteiger partial charge is 0.378 e. The summed E-state index contributed by atoms with van der Waals surface area (Å²) in [5, 5.41) is 1.07. The summed E-state index contributed by atoms with van der Waals surface area (Å²) in [7, 11) is 0. The Bertz CT molecular complexity index is 144. The highest BCUT2D eigenvalue weighted by Gasteiger charge is 2.41. The summed E-state index contributed by atoms with van der Waals surface area (Å²) in [4.78, 5) is 0. The van der Waals surface area contributed by atoms with Gasteiger partial charge in [-0.05, 0) is 26.7 Å². The molecule has 0 amide bonds. The van der Waals surface area contributed by atoms with Crippen molar-refractivity contribution in [3.05, 3.63) is 0 Å². The van der Waals surface area contributed by atoms with Gasteiger partial charge in [0.05, 0.1) is 25.9 Å². The molecule has 0 atom stereocenters. The zero-order valence-electron chi connectivity index (χ0n) is 8.51. The molecule has 0 saturated heterocycles. The average Bonchev–Trinajstić information content (AvgIpc) is 2.84. The Morgan fingerprint density at radius 1 is 1.31 bits per heavy atom. The molecular weight excluding hydrogens is 232 g/mol. The Kier molecular flexibility index (Phi) is 4.70. The van der Waals surface area contributed by atoms with Gasteiger partial charge in [0, 0.05) is 10.7 Å². The first-order valence-corrected chi connectivity index (χ1v) is 6.06. The van der Waals surface area contributed by atoms with Gasteiger partial charge in [-0.3, -0.25) is 0 Å². The molecule has 1 saturated carbocycles. The summed E-state index contributed by atoms with van der Waals surface area (Å²) >= 11 is 3.51. The fourth-order valence-corrected chi connectivity index (χ4v) is 1.85. The van der Waals surface area contributed by atoms with Crippen molar-refractivity contribution in [1.82, 2.24) is 0 Å². The van der Waals surface area contributed by atoms with Crippen LogP contribution in [-0.4, -0.2) is 31.3 Å². The summed E-state index contributed by atoms with van der Waals surface area (Å²) in [6, 6.07) is 0. The molecule has 0 heterocycles. The van der Waals surface area contributed by atoms with E-state index in [9.17, 15) is 0 Å². The number of hydrogen-bond acceptors (Lipinski definition) is 2. The first-order valence-electron chi connectivity index (χ1n) is 4.94. The van der Waals surface area contributed by atoms with Crippen molar-refractivity contribution in [2.75, 3.05) is 25.2 Å². The number of ether oxygens (including phenoxy) is 2. The molecule has 1 fully saturated rings. The first-order chi connectivity index (χ1) is 6.18. The Morgan fingerprint density at radius 3 is 2.46 bits per heavy atom. The summed E-state index contributed by atoms with van der Waals surface area (Å²) in [5.41, 5.74) is 0.470. The van der Waals surface area contributed by atoms with Crippen LogP contribution in [0, 0.1) is 5.41 Å². The van der Waals surface area contributed by atoms with Gasteiger partial charge in [0.15, 0.2) is 0 Å². The highest BCUT2D eigenvalue weighted by atomic mass is 79.9. The van der Waals surface area contributed by atoms with E-state index in [0.717, 1.165) is 25.2 Å². The van der Waals surface area contributed by atoms with Gasteiger partial charge in [0.1, 0.15) is 0 Å². The SMILES string of the molecule is CC(C)OCCOCC1(CBr)CC1. The third-order valence-electron chi connectivity index (χ3n) is 2.33. The van der Waals surface area contributed by atoms with E-state index < -0.39 is 0 Å². The predicted octanol–water partition coefficient (Wildman–Crippen LogP) is 2.60. The fourth-order valence-electron chi connectivity index (χ4n) is 1.12. The highest BCUT2D eigenvalue weighted by molar-refractivity contribution is 9.09. The molecule has 0 spiro atoms. The van der Waals surface area contributed by atoms with Gasteiger partial charge in [0.25, 0.3) is 0 Å². The Balaban J connectivity index is 1.90. The Hall–Kier alpha value is 0.400. The molecule has 0 aromatic rings. The van der Waals surface area contributed by atoms with E-state index in [-0.39, 0.29) is 0 Å². The van der Waals surface area contributed by atoms with Crippen LogP contribution in [0.2, 0.25) is 0 Å². The maximum absolute atomic E-state index is 5.55. The van der Waals surface area contributed by atoms with E-state index in [4.69, 9.17) is 9.47 Å². The van der Waals surface area contributed by atoms with Crippen molar-refractivity contribution in [1.29, 1.82) is 0 Å². The van der Waals surface area contributed by atoms with Crippen molar-refractivity contribution >= 4 is 15.9 Å². The molecule has 13 heavy (non-hydrogen) atoms. The zero-order valence-corrected chi connectivity index (χ0v) is 10.1. The van der Waals surface area contributed by atoms with Crippen LogP contribution in [-0.2, 0) is 9.47 Å². The topological polar surface area (TPSA) is 18.5 Å². The van der Waals surface area contributed by atoms with Crippen LogP contribution in [0.5, 0.6) is 0 Å². The van der Waals surface area contributed by atoms with Gasteiger partial charge in [-0.15, -0.1) is 0 Å². The van der Waals surface area contributed by atoms with Gasteiger partial charge in [-0.1, -0.05) is 15.9 Å². The maximum Gasteiger partial charge on any atom is 0.0703 e. The van der Waals surface area contributed by atoms with Crippen LogP contribution in [0.25, 0.3) is 0 Å². The van der Waals surface area contributed by atoms with Crippen LogP contribution < -0.4 is 0 Å². The van der Waals surface area contributed by atoms with E-state index in [1.165, 1.54) is 12.8 Å². The molecule has 0 aromatic heterocycles. The molecule has 3 heteroatoms. The van der Waals surface area contributed by atoms with Crippen molar-refractivity contribution in [3.63, 3.8) is 0 Å². The second-order valence-electron chi connectivity index (χ2n) is 4.11. The Morgan fingerprint density at radius 2 is 2.00 bits per heavy atom. The normalized spacial score (nSPS) is 19.4. The van der Waals surface area contributed by atoms with Crippen molar-refractivity contribution in [3.8, 4) is 0 Å². The minimum absolute atomic E-state index is 0.315. The second-order valence-corrected chi connectivity index (χ2v) is 4.67. The van der Waals surface area contributed by atoms with E-state index in [1.807, 2.05) is 13.8 Å². The lowest BCUT2D eigenvalue weighted by Crippen LogP contribution is -2.16. The van der Waals surface area contributed by atoms with Gasteiger partial charge >= 0.3 is 0 Å². The van der Waals surface area contributed by atoms with Crippen molar-refractivity contribution in [2.24, 2.45) is 5.41 Å². The molecule has 2 nitrogen and oxygen atoms in total. The molecule has 78 valence electrons. The molecule has 0 unspecified atom stereocenters. The van der Waals surface area contributed by atoms with Crippen molar-refractivity contribution < 1.29 is 9.47 Å². The molecule has 1 aliphatic rings. The maximum atomic E-state index is 5.55. The van der Waals surface area contributed by atoms with E-state index in [1.54, 1.807) is 0 Å². The quantitative estimate of drug-likeness (QED) is 0.511. The summed E-state index contributed by atoms with van der Waals surface area (Å²) in [5.74, 6) is 0. The number of hydrogen-bond donors (Lipinski definition) is 0. The zero-order chi connectivity index (χ0) is 9.73. The second kappa shape index (κ2) is 5.32. The van der Waals surface area contributed by atoms with Crippen LogP contribution >= 0.6 is 15.9 Å². The summed E-state index contributed by atoms with van der Waals surface area (Å²) in [6.07, 6.45) is 2.93. The third kappa shape index (κ3) is 4.43. The number of alkyl halides is 1. The third-order valence-corrected chi connectivity index (χ3v) is 3.52. The summed E-state index contributed by atoms with van der Waals surface area (Å²) < 4.78 is 10.9. The lowest BCUT2D eigenvalue weighted by molar-refractivity contribution is 0.00916. The van der Waals surface area contributed by atoms with Crippen LogP contribution in [0.4, 0.5) is 0 Å².